The fourth-order valence-corrected chi connectivity index (χ4v) is 1.35. The Morgan fingerprint density at radius 1 is 1.73 bits per heavy atom. The molecule has 0 aliphatic heterocycles. The molecule has 4 nitrogen and oxygen atoms in total. The summed E-state index contributed by atoms with van der Waals surface area (Å²) in [6, 6.07) is 0.961. The zero-order chi connectivity index (χ0) is 11.6. The van der Waals surface area contributed by atoms with Gasteiger partial charge in [-0.05, 0) is 0 Å². The molecule has 15 heavy (non-hydrogen) atoms. The van der Waals surface area contributed by atoms with Crippen LogP contribution in [0.1, 0.15) is 10.4 Å². The van der Waals surface area contributed by atoms with Crippen LogP contribution in [-0.2, 0) is 0 Å². The molecule has 3 N–H and O–H groups in total. The molecule has 0 unspecified atom stereocenters. The van der Waals surface area contributed by atoms with Crippen LogP contribution in [0.2, 0.25) is 5.02 Å². The Bertz CT molecular complexity index is 409. The number of carbonyl (C=O) groups excluding carboxylic acids is 1. The van der Waals surface area contributed by atoms with Crippen molar-refractivity contribution in [2.75, 3.05) is 13.7 Å². The second-order valence-electron chi connectivity index (χ2n) is 2.73. The normalized spacial score (nSPS) is 10.1. The highest BCUT2D eigenvalue weighted by molar-refractivity contribution is 6.31. The Hall–Kier alpha value is -1.33. The minimum absolute atomic E-state index is 0.257. The Kier molecular flexibility index (Phi) is 3.49. The zero-order valence-corrected chi connectivity index (χ0v) is 8.64. The fourth-order valence-electron chi connectivity index (χ4n) is 1.15. The van der Waals surface area contributed by atoms with Gasteiger partial charge in [-0.1, -0.05) is 11.6 Å². The Morgan fingerprint density at radius 3 is 2.80 bits per heavy atom. The first kappa shape index (κ1) is 11.7. The van der Waals surface area contributed by atoms with Crippen LogP contribution in [0, 0.1) is 5.82 Å². The van der Waals surface area contributed by atoms with E-state index in [-0.39, 0.29) is 10.8 Å². The molecule has 0 aliphatic carbocycles. The van der Waals surface area contributed by atoms with Gasteiger partial charge in [0.1, 0.15) is 5.56 Å². The lowest BCUT2D eigenvalue weighted by Crippen LogP contribution is -2.16. The molecule has 0 amide bonds. The van der Waals surface area contributed by atoms with Crippen LogP contribution < -0.4 is 10.5 Å². The number of benzene rings is 1. The van der Waals surface area contributed by atoms with Crippen molar-refractivity contribution < 1.29 is 19.0 Å². The first-order valence-corrected chi connectivity index (χ1v) is 4.39. The van der Waals surface area contributed by atoms with E-state index in [1.165, 1.54) is 7.11 Å². The van der Waals surface area contributed by atoms with E-state index in [0.29, 0.717) is 0 Å². The maximum atomic E-state index is 13.5. The van der Waals surface area contributed by atoms with Crippen LogP contribution in [0.4, 0.5) is 4.39 Å². The van der Waals surface area contributed by atoms with Gasteiger partial charge in [-0.15, -0.1) is 0 Å². The number of aromatic hydroxyl groups is 1. The van der Waals surface area contributed by atoms with Gasteiger partial charge < -0.3 is 15.6 Å². The van der Waals surface area contributed by atoms with Crippen LogP contribution in [0.15, 0.2) is 6.07 Å². The number of ether oxygens (including phenoxy) is 1. The smallest absolute Gasteiger partial charge is 0.183 e. The molecule has 6 heteroatoms. The zero-order valence-electron chi connectivity index (χ0n) is 7.88. The Balaban J connectivity index is 3.50. The van der Waals surface area contributed by atoms with Crippen molar-refractivity contribution >= 4 is 17.4 Å². The number of Topliss-reactive ketones (excluding diaryl/α,β-unsaturated/α-hetero) is 1. The van der Waals surface area contributed by atoms with Crippen LogP contribution >= 0.6 is 11.6 Å². The van der Waals surface area contributed by atoms with Gasteiger partial charge in [0.2, 0.25) is 0 Å². The first-order valence-electron chi connectivity index (χ1n) is 4.01. The van der Waals surface area contributed by atoms with Crippen molar-refractivity contribution in [3.05, 3.63) is 22.5 Å². The van der Waals surface area contributed by atoms with Crippen molar-refractivity contribution in [2.45, 2.75) is 0 Å². The van der Waals surface area contributed by atoms with Gasteiger partial charge in [0.05, 0.1) is 18.7 Å². The summed E-state index contributed by atoms with van der Waals surface area (Å²) in [5.41, 5.74) is 4.67. The van der Waals surface area contributed by atoms with E-state index in [9.17, 15) is 14.3 Å². The molecule has 0 aromatic heterocycles. The standard InChI is InChI=1S/C9H9ClFNO3/c1-15-9-5(13)2-4(10)8(11)7(9)6(14)3-12/h2,13H,3,12H2,1H3. The van der Waals surface area contributed by atoms with Crippen molar-refractivity contribution in [3.63, 3.8) is 0 Å². The summed E-state index contributed by atoms with van der Waals surface area (Å²) in [5.74, 6) is -2.29. The number of methoxy groups -OCH3 is 1. The minimum atomic E-state index is -0.943. The summed E-state index contributed by atoms with van der Waals surface area (Å²) < 4.78 is 18.2. The maximum Gasteiger partial charge on any atom is 0.183 e. The van der Waals surface area contributed by atoms with E-state index in [2.05, 4.69) is 0 Å². The van der Waals surface area contributed by atoms with Crippen molar-refractivity contribution in [3.8, 4) is 11.5 Å². The lowest BCUT2D eigenvalue weighted by atomic mass is 10.1. The molecule has 82 valence electrons. The highest BCUT2D eigenvalue weighted by atomic mass is 35.5. The SMILES string of the molecule is COc1c(O)cc(Cl)c(F)c1C(=O)CN. The van der Waals surface area contributed by atoms with Gasteiger partial charge >= 0.3 is 0 Å². The number of rotatable bonds is 3. The maximum absolute atomic E-state index is 13.5. The second kappa shape index (κ2) is 4.46. The van der Waals surface area contributed by atoms with Crippen molar-refractivity contribution in [1.29, 1.82) is 0 Å². The second-order valence-corrected chi connectivity index (χ2v) is 3.13. The Morgan fingerprint density at radius 2 is 2.33 bits per heavy atom. The number of phenols is 1. The topological polar surface area (TPSA) is 72.5 Å². The number of carbonyl (C=O) groups is 1. The molecule has 1 rings (SSSR count). The molecule has 1 aromatic rings. The molecule has 0 radical (unpaired) electrons. The largest absolute Gasteiger partial charge is 0.504 e. The summed E-state index contributed by atoms with van der Waals surface area (Å²) >= 11 is 5.47. The van der Waals surface area contributed by atoms with Crippen LogP contribution in [0.25, 0.3) is 0 Å². The number of hydrogen-bond acceptors (Lipinski definition) is 4. The van der Waals surface area contributed by atoms with E-state index < -0.39 is 29.5 Å². The molecule has 1 aromatic carbocycles. The first-order chi connectivity index (χ1) is 7.02. The minimum Gasteiger partial charge on any atom is -0.504 e. The van der Waals surface area contributed by atoms with Crippen molar-refractivity contribution in [2.24, 2.45) is 5.73 Å². The third kappa shape index (κ3) is 2.03. The molecule has 0 fully saturated rings. The molecular formula is C9H9ClFNO3. The lowest BCUT2D eigenvalue weighted by Gasteiger charge is -2.10. The highest BCUT2D eigenvalue weighted by Gasteiger charge is 2.22. The van der Waals surface area contributed by atoms with E-state index in [1.54, 1.807) is 0 Å². The number of ketones is 1. The van der Waals surface area contributed by atoms with E-state index in [1.807, 2.05) is 0 Å². The molecule has 0 spiro atoms. The third-order valence-electron chi connectivity index (χ3n) is 1.82. The number of hydrogen-bond donors (Lipinski definition) is 2. The molecular weight excluding hydrogens is 225 g/mol. The molecule has 0 bridgehead atoms. The molecule has 0 atom stereocenters. The quantitative estimate of drug-likeness (QED) is 0.773. The number of nitrogens with two attached hydrogens (primary N) is 1. The summed E-state index contributed by atoms with van der Waals surface area (Å²) in [6.07, 6.45) is 0. The third-order valence-corrected chi connectivity index (χ3v) is 2.10. The van der Waals surface area contributed by atoms with Gasteiger partial charge in [0.15, 0.2) is 23.1 Å². The van der Waals surface area contributed by atoms with E-state index in [0.717, 1.165) is 6.07 Å². The average molecular weight is 234 g/mol. The lowest BCUT2D eigenvalue weighted by molar-refractivity contribution is 0.0993. The fraction of sp³-hybridized carbons (Fsp3) is 0.222. The van der Waals surface area contributed by atoms with E-state index >= 15 is 0 Å². The van der Waals surface area contributed by atoms with Gasteiger partial charge in [0.25, 0.3) is 0 Å². The summed E-state index contributed by atoms with van der Waals surface area (Å²) in [7, 11) is 1.20. The molecule has 0 saturated heterocycles. The molecule has 0 aliphatic rings. The van der Waals surface area contributed by atoms with Crippen LogP contribution in [-0.4, -0.2) is 24.5 Å². The summed E-state index contributed by atoms with van der Waals surface area (Å²) in [5, 5.41) is 9.02. The summed E-state index contributed by atoms with van der Waals surface area (Å²) in [4.78, 5) is 11.3. The van der Waals surface area contributed by atoms with E-state index in [4.69, 9.17) is 22.1 Å². The van der Waals surface area contributed by atoms with Gasteiger partial charge in [0, 0.05) is 6.07 Å². The van der Waals surface area contributed by atoms with Gasteiger partial charge in [-0.3, -0.25) is 4.79 Å². The molecule has 0 heterocycles. The number of phenolic OH excluding ortho intramolecular Hbond substituents is 1. The average Bonchev–Trinajstić information content (AvgIpc) is 2.21. The van der Waals surface area contributed by atoms with Gasteiger partial charge in [-0.2, -0.15) is 0 Å². The van der Waals surface area contributed by atoms with Crippen LogP contribution in [0.3, 0.4) is 0 Å². The summed E-state index contributed by atoms with van der Waals surface area (Å²) in [6.45, 7) is -0.396. The van der Waals surface area contributed by atoms with Gasteiger partial charge in [-0.25, -0.2) is 4.39 Å². The monoisotopic (exact) mass is 233 g/mol. The van der Waals surface area contributed by atoms with Crippen LogP contribution in [0.5, 0.6) is 11.5 Å². The molecule has 0 saturated carbocycles. The Labute approximate surface area is 90.4 Å². The predicted octanol–water partition coefficient (Wildman–Crippen LogP) is 1.33. The number of halogens is 2. The predicted molar refractivity (Wildman–Crippen MR) is 53.0 cm³/mol. The highest BCUT2D eigenvalue weighted by Crippen LogP contribution is 2.36. The van der Waals surface area contributed by atoms with Crippen molar-refractivity contribution in [1.82, 2.24) is 0 Å².